The molecular weight excluding hydrogens is 99.0 g/mol. The number of rotatable bonds is 2. The van der Waals surface area contributed by atoms with Crippen LogP contribution in [0.2, 0.25) is 0 Å². The van der Waals surface area contributed by atoms with E-state index in [2.05, 4.69) is 18.2 Å². The third-order valence-electron chi connectivity index (χ3n) is 0.362. The molecule has 0 amide bonds. The van der Waals surface area contributed by atoms with Crippen molar-refractivity contribution in [1.29, 1.82) is 0 Å². The van der Waals surface area contributed by atoms with Gasteiger partial charge in [0, 0.05) is 0 Å². The zero-order valence-electron chi connectivity index (χ0n) is 5.02. The predicted octanol–water partition coefficient (Wildman–Crippen LogP) is -2.45. The summed E-state index contributed by atoms with van der Waals surface area (Å²) in [5.41, 5.74) is 0. The van der Waals surface area contributed by atoms with Crippen LogP contribution in [-0.4, -0.2) is 12.6 Å². The van der Waals surface area contributed by atoms with Crippen molar-refractivity contribution in [3.8, 4) is 0 Å². The summed E-state index contributed by atoms with van der Waals surface area (Å²) in [7, 11) is 0. The Morgan fingerprint density at radius 3 is 2.50 bits per heavy atom. The van der Waals surface area contributed by atoms with Crippen LogP contribution in [0.25, 0.3) is 0 Å². The van der Waals surface area contributed by atoms with Crippen molar-refractivity contribution in [2.45, 2.75) is 0 Å². The van der Waals surface area contributed by atoms with Crippen molar-refractivity contribution >= 4 is 5.97 Å². The van der Waals surface area contributed by atoms with Crippen molar-refractivity contribution in [2.75, 3.05) is 6.61 Å². The number of hydrogen-bond donors (Lipinski definition) is 0. The van der Waals surface area contributed by atoms with Crippen molar-refractivity contribution in [3.63, 3.8) is 0 Å². The Kier molecular flexibility index (Phi) is 8.86. The second kappa shape index (κ2) is 6.68. The third-order valence-corrected chi connectivity index (χ3v) is 0.362. The van der Waals surface area contributed by atoms with E-state index in [0.717, 1.165) is 0 Å². The van der Waals surface area contributed by atoms with Crippen LogP contribution in [0.15, 0.2) is 12.7 Å². The molecule has 0 fully saturated rings. The van der Waals surface area contributed by atoms with Gasteiger partial charge < -0.3 is 4.74 Å². The molecule has 0 aliphatic carbocycles. The first kappa shape index (κ1) is 10.6. The van der Waals surface area contributed by atoms with Gasteiger partial charge in [0.15, 0.2) is 5.97 Å². The second-order valence-electron chi connectivity index (χ2n) is 0.972. The Bertz CT molecular complexity index is 80.5. The minimum Gasteiger partial charge on any atom is -0.484 e. The summed E-state index contributed by atoms with van der Waals surface area (Å²) in [4.78, 5) is 9.82. The molecule has 0 unspecified atom stereocenters. The summed E-state index contributed by atoms with van der Waals surface area (Å²) in [5.74, 6) is -0.514. The molecule has 3 heteroatoms. The maximum atomic E-state index is 9.82. The molecule has 0 N–H and O–H groups in total. The van der Waals surface area contributed by atoms with Crippen molar-refractivity contribution in [3.05, 3.63) is 19.6 Å². The van der Waals surface area contributed by atoms with E-state index in [9.17, 15) is 4.79 Å². The summed E-state index contributed by atoms with van der Waals surface area (Å²) < 4.78 is 4.32. The monoisotopic (exact) mass is 106 g/mol. The molecule has 0 saturated carbocycles. The Morgan fingerprint density at radius 2 is 2.38 bits per heavy atom. The fraction of sp³-hybridized carbons (Fsp3) is 0.200. The molecular formula is C5H7LiO2. The predicted molar refractivity (Wildman–Crippen MR) is 26.5 cm³/mol. The van der Waals surface area contributed by atoms with E-state index >= 15 is 0 Å². The maximum Gasteiger partial charge on any atom is 1.00 e. The van der Waals surface area contributed by atoms with Crippen molar-refractivity contribution < 1.29 is 28.4 Å². The number of esters is 1. The quantitative estimate of drug-likeness (QED) is 0.169. The molecule has 0 aromatic rings. The van der Waals surface area contributed by atoms with Gasteiger partial charge in [-0.2, -0.15) is 0 Å². The van der Waals surface area contributed by atoms with Crippen LogP contribution in [0.3, 0.4) is 0 Å². The van der Waals surface area contributed by atoms with Crippen LogP contribution >= 0.6 is 0 Å². The number of carbonyl (C=O) groups excluding carboxylic acids is 1. The Labute approximate surface area is 61.1 Å². The molecule has 2 nitrogen and oxygen atoms in total. The second-order valence-corrected chi connectivity index (χ2v) is 0.972. The maximum absolute atomic E-state index is 9.82. The van der Waals surface area contributed by atoms with Gasteiger partial charge in [-0.05, 0) is 0 Å². The normalized spacial score (nSPS) is 6.50. The van der Waals surface area contributed by atoms with E-state index in [1.54, 1.807) is 0 Å². The van der Waals surface area contributed by atoms with Gasteiger partial charge in [-0.15, -0.1) is 0 Å². The number of hydrogen-bond acceptors (Lipinski definition) is 2. The Morgan fingerprint density at radius 1 is 1.88 bits per heavy atom. The van der Waals surface area contributed by atoms with Gasteiger partial charge in [0.2, 0.25) is 0 Å². The standard InChI is InChI=1S/C5H7O2.Li/c1-3-4-7-5(2)6;/h3H,1-2,4H2;/q-1;+1. The molecule has 0 aliphatic heterocycles. The van der Waals surface area contributed by atoms with E-state index < -0.39 is 5.97 Å². The summed E-state index contributed by atoms with van der Waals surface area (Å²) in [5, 5.41) is 0. The van der Waals surface area contributed by atoms with E-state index in [1.165, 1.54) is 6.08 Å². The fourth-order valence-electron chi connectivity index (χ4n) is 0.152. The van der Waals surface area contributed by atoms with Crippen molar-refractivity contribution in [2.24, 2.45) is 0 Å². The van der Waals surface area contributed by atoms with Crippen LogP contribution in [0.5, 0.6) is 0 Å². The summed E-state index contributed by atoms with van der Waals surface area (Å²) in [6.07, 6.45) is 1.49. The van der Waals surface area contributed by atoms with Gasteiger partial charge in [-0.3, -0.25) is 11.7 Å². The Hall–Kier alpha value is -0.323. The van der Waals surface area contributed by atoms with Crippen LogP contribution in [0.1, 0.15) is 0 Å². The van der Waals surface area contributed by atoms with Crippen molar-refractivity contribution in [1.82, 2.24) is 0 Å². The zero-order chi connectivity index (χ0) is 5.70. The first-order chi connectivity index (χ1) is 3.27. The smallest absolute Gasteiger partial charge is 0.484 e. The summed E-state index contributed by atoms with van der Waals surface area (Å²) >= 11 is 0. The topological polar surface area (TPSA) is 26.3 Å². The summed E-state index contributed by atoms with van der Waals surface area (Å²) in [6.45, 7) is 6.55. The molecule has 0 bridgehead atoms. The van der Waals surface area contributed by atoms with Crippen LogP contribution in [0.4, 0.5) is 0 Å². The molecule has 0 saturated heterocycles. The van der Waals surface area contributed by atoms with E-state index in [0.29, 0.717) is 0 Å². The van der Waals surface area contributed by atoms with E-state index in [4.69, 9.17) is 0 Å². The summed E-state index contributed by atoms with van der Waals surface area (Å²) in [6, 6.07) is 0. The molecule has 0 rings (SSSR count). The zero-order valence-corrected chi connectivity index (χ0v) is 5.02. The average molecular weight is 106 g/mol. The average Bonchev–Trinajstić information content (AvgIpc) is 1.61. The fourth-order valence-corrected chi connectivity index (χ4v) is 0.152. The van der Waals surface area contributed by atoms with Gasteiger partial charge in [-0.1, -0.05) is 12.7 Å². The molecule has 0 heterocycles. The molecule has 40 valence electrons. The van der Waals surface area contributed by atoms with Crippen LogP contribution in [-0.2, 0) is 9.53 Å². The molecule has 0 aliphatic rings. The van der Waals surface area contributed by atoms with Gasteiger partial charge in [-0.25, -0.2) is 0 Å². The molecule has 8 heavy (non-hydrogen) atoms. The van der Waals surface area contributed by atoms with E-state index in [-0.39, 0.29) is 25.5 Å². The molecule has 0 atom stereocenters. The van der Waals surface area contributed by atoms with Gasteiger partial charge >= 0.3 is 18.9 Å². The first-order valence-corrected chi connectivity index (χ1v) is 1.87. The molecule has 0 radical (unpaired) electrons. The van der Waals surface area contributed by atoms with Crippen LogP contribution in [0, 0.1) is 6.92 Å². The molecule has 0 spiro atoms. The largest absolute Gasteiger partial charge is 1.00 e. The minimum atomic E-state index is -0.514. The Balaban J connectivity index is 0. The van der Waals surface area contributed by atoms with E-state index in [1.807, 2.05) is 0 Å². The SMILES string of the molecule is C=CCOC([CH2-])=O.[Li+]. The number of carbonyl (C=O) groups is 1. The molecule has 0 aromatic carbocycles. The minimum absolute atomic E-state index is 0. The molecule has 0 aromatic heterocycles. The van der Waals surface area contributed by atoms with Gasteiger partial charge in [0.05, 0.1) is 0 Å². The van der Waals surface area contributed by atoms with Gasteiger partial charge in [0.1, 0.15) is 6.61 Å². The number of ether oxygens (including phenoxy) is 1. The van der Waals surface area contributed by atoms with Crippen LogP contribution < -0.4 is 18.9 Å². The first-order valence-electron chi connectivity index (χ1n) is 1.87. The van der Waals surface area contributed by atoms with Gasteiger partial charge in [0.25, 0.3) is 0 Å². The third kappa shape index (κ3) is 9.18.